The lowest BCUT2D eigenvalue weighted by molar-refractivity contribution is -0.136. The van der Waals surface area contributed by atoms with Crippen LogP contribution < -0.4 is 11.0 Å². The lowest BCUT2D eigenvalue weighted by atomic mass is 10.0. The second kappa shape index (κ2) is 6.10. The van der Waals surface area contributed by atoms with Crippen molar-refractivity contribution in [2.75, 3.05) is 0 Å². The molecule has 0 bridgehead atoms. The highest BCUT2D eigenvalue weighted by Crippen LogP contribution is 2.37. The summed E-state index contributed by atoms with van der Waals surface area (Å²) in [5.41, 5.74) is -1.72. The van der Waals surface area contributed by atoms with Gasteiger partial charge in [0.1, 0.15) is 5.60 Å². The predicted octanol–water partition coefficient (Wildman–Crippen LogP) is 2.63. The molecule has 6 nitrogen and oxygen atoms in total. The number of para-hydroxylation sites is 1. The van der Waals surface area contributed by atoms with Crippen molar-refractivity contribution in [2.24, 2.45) is 7.05 Å². The van der Waals surface area contributed by atoms with Crippen molar-refractivity contribution in [3.05, 3.63) is 56.9 Å². The first-order valence-corrected chi connectivity index (χ1v) is 9.56. The molecular formula is C17H17F3N2O4S. The Bertz CT molecular complexity index is 1120. The van der Waals surface area contributed by atoms with Gasteiger partial charge in [-0.05, 0) is 26.0 Å². The zero-order chi connectivity index (χ0) is 20.2. The van der Waals surface area contributed by atoms with Gasteiger partial charge in [0, 0.05) is 18.0 Å². The Labute approximate surface area is 153 Å². The molecule has 1 N–H and O–H groups in total. The van der Waals surface area contributed by atoms with Crippen molar-refractivity contribution in [1.82, 2.24) is 10.0 Å². The Hall–Kier alpha value is -2.33. The van der Waals surface area contributed by atoms with Crippen molar-refractivity contribution in [2.45, 2.75) is 31.4 Å². The van der Waals surface area contributed by atoms with E-state index in [1.165, 1.54) is 37.4 Å². The summed E-state index contributed by atoms with van der Waals surface area (Å²) in [5, 5.41) is -0.599. The fraction of sp³-hybridized carbons (Fsp3) is 0.353. The van der Waals surface area contributed by atoms with Gasteiger partial charge >= 0.3 is 6.18 Å². The second-order valence-corrected chi connectivity index (χ2v) is 8.77. The van der Waals surface area contributed by atoms with Crippen molar-refractivity contribution >= 4 is 20.7 Å². The number of rotatable bonds is 3. The summed E-state index contributed by atoms with van der Waals surface area (Å²) in [6.07, 6.45) is -3.65. The van der Waals surface area contributed by atoms with E-state index in [2.05, 4.69) is 5.48 Å². The monoisotopic (exact) mass is 402 g/mol. The molecule has 0 unspecified atom stereocenters. The first-order chi connectivity index (χ1) is 12.3. The van der Waals surface area contributed by atoms with E-state index in [0.29, 0.717) is 0 Å². The quantitative estimate of drug-likeness (QED) is 0.854. The van der Waals surface area contributed by atoms with Gasteiger partial charge in [-0.3, -0.25) is 15.1 Å². The Balaban J connectivity index is 2.26. The maximum atomic E-state index is 13.8. The van der Waals surface area contributed by atoms with Gasteiger partial charge in [-0.25, -0.2) is 8.42 Å². The van der Waals surface area contributed by atoms with Crippen LogP contribution in [0.15, 0.2) is 40.2 Å². The maximum absolute atomic E-state index is 13.8. The van der Waals surface area contributed by atoms with Crippen molar-refractivity contribution < 1.29 is 26.4 Å². The van der Waals surface area contributed by atoms with Crippen LogP contribution in [0.4, 0.5) is 13.2 Å². The van der Waals surface area contributed by atoms with Crippen LogP contribution in [0.2, 0.25) is 0 Å². The molecule has 0 saturated heterocycles. The van der Waals surface area contributed by atoms with E-state index < -0.39 is 44.1 Å². The number of sulfone groups is 1. The number of nitrogens with one attached hydrogen (secondary N) is 1. The maximum Gasteiger partial charge on any atom is 0.417 e. The number of pyridine rings is 1. The van der Waals surface area contributed by atoms with E-state index in [4.69, 9.17) is 4.84 Å². The van der Waals surface area contributed by atoms with Crippen LogP contribution in [0, 0.1) is 0 Å². The van der Waals surface area contributed by atoms with Crippen LogP contribution >= 0.6 is 0 Å². The number of alkyl halides is 3. The minimum absolute atomic E-state index is 0.0682. The second-order valence-electron chi connectivity index (χ2n) is 6.81. The van der Waals surface area contributed by atoms with E-state index in [9.17, 15) is 26.4 Å². The smallest absolute Gasteiger partial charge is 0.311 e. The first kappa shape index (κ1) is 19.4. The fourth-order valence-corrected chi connectivity index (χ4v) is 4.43. The number of hydrogen-bond acceptors (Lipinski definition) is 5. The number of halogens is 3. The molecule has 0 saturated carbocycles. The summed E-state index contributed by atoms with van der Waals surface area (Å²) < 4.78 is 67.6. The average molecular weight is 402 g/mol. The summed E-state index contributed by atoms with van der Waals surface area (Å²) in [4.78, 5) is 17.7. The molecule has 0 fully saturated rings. The van der Waals surface area contributed by atoms with Gasteiger partial charge in [-0.15, -0.1) is 0 Å². The SMILES string of the molecule is Cn1c(=O)c(CS(=O)(=O)C2=CC(C)(C)ON2)c(C(F)(F)F)c2ccccc21. The van der Waals surface area contributed by atoms with Gasteiger partial charge in [0.2, 0.25) is 0 Å². The third-order valence-electron chi connectivity index (χ3n) is 4.25. The van der Waals surface area contributed by atoms with E-state index in [0.717, 1.165) is 4.57 Å². The van der Waals surface area contributed by atoms with Crippen LogP contribution in [0.3, 0.4) is 0 Å². The molecule has 2 aromatic rings. The number of aryl methyl sites for hydroxylation is 1. The molecule has 0 atom stereocenters. The van der Waals surface area contributed by atoms with Gasteiger partial charge < -0.3 is 4.57 Å². The summed E-state index contributed by atoms with van der Waals surface area (Å²) in [5.74, 6) is -1.10. The third kappa shape index (κ3) is 3.46. The molecule has 0 radical (unpaired) electrons. The summed E-state index contributed by atoms with van der Waals surface area (Å²) >= 11 is 0. The number of hydroxylamine groups is 1. The van der Waals surface area contributed by atoms with Gasteiger partial charge in [-0.2, -0.15) is 13.2 Å². The van der Waals surface area contributed by atoms with E-state index >= 15 is 0 Å². The van der Waals surface area contributed by atoms with Crippen LogP contribution in [0.25, 0.3) is 10.9 Å². The zero-order valence-electron chi connectivity index (χ0n) is 14.7. The van der Waals surface area contributed by atoms with Crippen LogP contribution in [0.5, 0.6) is 0 Å². The highest BCUT2D eigenvalue weighted by atomic mass is 32.2. The Kier molecular flexibility index (Phi) is 4.39. The van der Waals surface area contributed by atoms with E-state index in [1.807, 2.05) is 0 Å². The van der Waals surface area contributed by atoms with Gasteiger partial charge in [0.05, 0.1) is 16.8 Å². The predicted molar refractivity (Wildman–Crippen MR) is 93.2 cm³/mol. The molecule has 1 aliphatic heterocycles. The van der Waals surface area contributed by atoms with Gasteiger partial charge in [0.15, 0.2) is 14.9 Å². The number of fused-ring (bicyclic) bond motifs is 1. The van der Waals surface area contributed by atoms with E-state index in [-0.39, 0.29) is 15.9 Å². The van der Waals surface area contributed by atoms with Crippen LogP contribution in [-0.4, -0.2) is 18.6 Å². The molecule has 1 aliphatic rings. The molecule has 1 aromatic carbocycles. The third-order valence-corrected chi connectivity index (χ3v) is 5.79. The van der Waals surface area contributed by atoms with Crippen molar-refractivity contribution in [1.29, 1.82) is 0 Å². The summed E-state index contributed by atoms with van der Waals surface area (Å²) in [6, 6.07) is 5.50. The molecule has 27 heavy (non-hydrogen) atoms. The number of nitrogens with zero attached hydrogens (tertiary/aromatic N) is 1. The average Bonchev–Trinajstić information content (AvgIpc) is 2.92. The van der Waals surface area contributed by atoms with Gasteiger partial charge in [-0.1, -0.05) is 18.2 Å². The molecule has 1 aromatic heterocycles. The largest absolute Gasteiger partial charge is 0.417 e. The van der Waals surface area contributed by atoms with Crippen molar-refractivity contribution in [3.63, 3.8) is 0 Å². The Morgan fingerprint density at radius 2 is 1.85 bits per heavy atom. The molecule has 0 spiro atoms. The number of hydrogen-bond donors (Lipinski definition) is 1. The molecule has 10 heteroatoms. The Morgan fingerprint density at radius 3 is 2.41 bits per heavy atom. The Morgan fingerprint density at radius 1 is 1.22 bits per heavy atom. The molecule has 0 aliphatic carbocycles. The zero-order valence-corrected chi connectivity index (χ0v) is 15.5. The highest BCUT2D eigenvalue weighted by Gasteiger charge is 2.40. The van der Waals surface area contributed by atoms with E-state index in [1.54, 1.807) is 13.8 Å². The van der Waals surface area contributed by atoms with Gasteiger partial charge in [0.25, 0.3) is 5.56 Å². The normalized spacial score (nSPS) is 17.0. The highest BCUT2D eigenvalue weighted by molar-refractivity contribution is 7.94. The molecule has 2 heterocycles. The number of benzene rings is 1. The lowest BCUT2D eigenvalue weighted by Gasteiger charge is -2.18. The molecular weight excluding hydrogens is 385 g/mol. The van der Waals surface area contributed by atoms with Crippen LogP contribution in [-0.2, 0) is 33.7 Å². The molecule has 0 amide bonds. The first-order valence-electron chi connectivity index (χ1n) is 7.91. The topological polar surface area (TPSA) is 77.4 Å². The molecule has 3 rings (SSSR count). The summed E-state index contributed by atoms with van der Waals surface area (Å²) in [7, 11) is -2.96. The van der Waals surface area contributed by atoms with Crippen molar-refractivity contribution in [3.8, 4) is 0 Å². The minimum atomic E-state index is -4.90. The summed E-state index contributed by atoms with van der Waals surface area (Å²) in [6.45, 7) is 3.16. The lowest BCUT2D eigenvalue weighted by Crippen LogP contribution is -2.30. The van der Waals surface area contributed by atoms with Crippen LogP contribution in [0.1, 0.15) is 25.0 Å². The standard InChI is InChI=1S/C17H17F3N2O4S/c1-16(2)8-13(21-26-16)27(24,25)9-11-14(17(18,19)20)10-6-4-5-7-12(10)22(3)15(11)23/h4-8,21H,9H2,1-3H3. The number of aromatic nitrogens is 1. The molecule has 146 valence electrons. The fourth-order valence-electron chi connectivity index (χ4n) is 2.99. The minimum Gasteiger partial charge on any atom is -0.311 e.